The van der Waals surface area contributed by atoms with Gasteiger partial charge in [-0.15, -0.1) is 11.3 Å². The van der Waals surface area contributed by atoms with Crippen LogP contribution in [0.15, 0.2) is 18.2 Å². The van der Waals surface area contributed by atoms with E-state index < -0.39 is 0 Å². The Hall–Kier alpha value is -2.19. The lowest BCUT2D eigenvalue weighted by Crippen LogP contribution is -2.44. The van der Waals surface area contributed by atoms with Gasteiger partial charge in [-0.1, -0.05) is 6.42 Å². The van der Waals surface area contributed by atoms with Crippen LogP contribution in [0, 0.1) is 18.0 Å². The van der Waals surface area contributed by atoms with E-state index >= 15 is 0 Å². The summed E-state index contributed by atoms with van der Waals surface area (Å²) in [4.78, 5) is 17.5. The third kappa shape index (κ3) is 5.29. The number of hydrazine groups is 1. The average Bonchev–Trinajstić information content (AvgIpc) is 3.50. The van der Waals surface area contributed by atoms with E-state index in [4.69, 9.17) is 10.6 Å². The van der Waals surface area contributed by atoms with Crippen molar-refractivity contribution in [1.29, 1.82) is 0 Å². The van der Waals surface area contributed by atoms with Gasteiger partial charge >= 0.3 is 6.03 Å². The number of pyridine rings is 1. The minimum atomic E-state index is -0.347. The zero-order chi connectivity index (χ0) is 21.1. The quantitative estimate of drug-likeness (QED) is 0.375. The monoisotopic (exact) mass is 432 g/mol. The minimum Gasteiger partial charge on any atom is -0.489 e. The molecule has 30 heavy (non-hydrogen) atoms. The molecule has 2 aliphatic carbocycles. The van der Waals surface area contributed by atoms with Crippen molar-refractivity contribution in [2.75, 3.05) is 6.54 Å². The molecule has 2 amide bonds. The molecule has 8 heteroatoms. The van der Waals surface area contributed by atoms with Gasteiger partial charge in [0.05, 0.1) is 28.9 Å². The molecule has 2 fully saturated rings. The van der Waals surface area contributed by atoms with Crippen LogP contribution in [-0.2, 0) is 6.54 Å². The van der Waals surface area contributed by atoms with Gasteiger partial charge in [-0.2, -0.15) is 4.39 Å². The number of aryl methyl sites for hydroxylation is 1. The highest BCUT2D eigenvalue weighted by molar-refractivity contribution is 7.14. The van der Waals surface area contributed by atoms with Gasteiger partial charge in [0, 0.05) is 6.54 Å². The molecule has 3 N–H and O–H groups in total. The van der Waals surface area contributed by atoms with Crippen LogP contribution in [0.25, 0.3) is 10.6 Å². The summed E-state index contributed by atoms with van der Waals surface area (Å²) in [5.41, 5.74) is 2.10. The molecule has 0 radical (unpaired) electrons. The zero-order valence-electron chi connectivity index (χ0n) is 17.3. The number of nitrogens with zero attached hydrogens (tertiary/aromatic N) is 2. The van der Waals surface area contributed by atoms with Crippen LogP contribution in [0.1, 0.15) is 56.2 Å². The minimum absolute atomic E-state index is 0.118. The van der Waals surface area contributed by atoms with Crippen LogP contribution in [0.4, 0.5) is 9.18 Å². The molecule has 0 unspecified atom stereocenters. The first kappa shape index (κ1) is 21.1. The summed E-state index contributed by atoms with van der Waals surface area (Å²) < 4.78 is 20.2. The van der Waals surface area contributed by atoms with Crippen LogP contribution >= 0.6 is 11.3 Å². The van der Waals surface area contributed by atoms with Gasteiger partial charge in [-0.25, -0.2) is 15.6 Å². The Balaban J connectivity index is 1.45. The summed E-state index contributed by atoms with van der Waals surface area (Å²) >= 11 is 1.02. The second-order valence-electron chi connectivity index (χ2n) is 8.32. The van der Waals surface area contributed by atoms with Crippen LogP contribution in [0.5, 0.6) is 5.75 Å². The van der Waals surface area contributed by atoms with Crippen molar-refractivity contribution in [1.82, 2.24) is 15.3 Å². The van der Waals surface area contributed by atoms with E-state index in [1.165, 1.54) is 25.3 Å². The number of halogens is 1. The van der Waals surface area contributed by atoms with Crippen molar-refractivity contribution in [3.63, 3.8) is 0 Å². The number of nitrogens with one attached hydrogen (secondary N) is 1. The number of carbonyl (C=O) groups is 1. The lowest BCUT2D eigenvalue weighted by atomic mass is 9.98. The van der Waals surface area contributed by atoms with Gasteiger partial charge in [-0.05, 0) is 75.1 Å². The van der Waals surface area contributed by atoms with Crippen LogP contribution in [-0.4, -0.2) is 28.7 Å². The third-order valence-electron chi connectivity index (χ3n) is 5.74. The summed E-state index contributed by atoms with van der Waals surface area (Å²) in [6, 6.07) is 4.85. The third-order valence-corrected chi connectivity index (χ3v) is 6.72. The smallest absolute Gasteiger partial charge is 0.331 e. The van der Waals surface area contributed by atoms with Crippen LogP contribution < -0.4 is 15.9 Å². The van der Waals surface area contributed by atoms with Crippen LogP contribution in [0.3, 0.4) is 0 Å². The maximum Gasteiger partial charge on any atom is 0.331 e. The molecule has 0 saturated heterocycles. The summed E-state index contributed by atoms with van der Waals surface area (Å²) in [5, 5.41) is 3.60. The van der Waals surface area contributed by atoms with E-state index in [-0.39, 0.29) is 23.8 Å². The SMILES string of the molecule is Cc1nc(-c2sc(F)cc2CN(N)C(=O)NCC2CC2)ccc1OC1CCCCC1. The van der Waals surface area contributed by atoms with Crippen LogP contribution in [0.2, 0.25) is 0 Å². The maximum absolute atomic E-state index is 14.1. The first-order valence-corrected chi connectivity index (χ1v) is 11.5. The maximum atomic E-state index is 14.1. The van der Waals surface area contributed by atoms with Crippen molar-refractivity contribution >= 4 is 17.4 Å². The van der Waals surface area contributed by atoms with Crippen molar-refractivity contribution in [2.24, 2.45) is 11.8 Å². The van der Waals surface area contributed by atoms with Gasteiger partial charge in [0.1, 0.15) is 5.75 Å². The van der Waals surface area contributed by atoms with Crippen molar-refractivity contribution < 1.29 is 13.9 Å². The first-order valence-electron chi connectivity index (χ1n) is 10.7. The number of hydrogen-bond donors (Lipinski definition) is 2. The van der Waals surface area contributed by atoms with Crippen molar-refractivity contribution in [2.45, 2.75) is 64.5 Å². The molecule has 2 saturated carbocycles. The van der Waals surface area contributed by atoms with Gasteiger partial charge in [0.15, 0.2) is 5.13 Å². The molecule has 4 rings (SSSR count). The Bertz CT molecular complexity index is 893. The molecule has 2 aliphatic rings. The Kier molecular flexibility index (Phi) is 6.53. The number of thiophene rings is 1. The van der Waals surface area contributed by atoms with Gasteiger partial charge < -0.3 is 10.1 Å². The van der Waals surface area contributed by atoms with Crippen molar-refractivity contribution in [3.05, 3.63) is 34.6 Å². The molecule has 0 aliphatic heterocycles. The predicted octanol–water partition coefficient (Wildman–Crippen LogP) is 4.76. The number of carbonyl (C=O) groups excluding carboxylic acids is 1. The van der Waals surface area contributed by atoms with Crippen molar-refractivity contribution in [3.8, 4) is 16.3 Å². The summed E-state index contributed by atoms with van der Waals surface area (Å²) in [6.45, 7) is 2.67. The number of urea groups is 1. The van der Waals surface area contributed by atoms with Gasteiger partial charge in [0.2, 0.25) is 0 Å². The molecule has 0 spiro atoms. The fraction of sp³-hybridized carbons (Fsp3) is 0.545. The Labute approximate surface area is 180 Å². The number of aromatic nitrogens is 1. The number of hydrogen-bond acceptors (Lipinski definition) is 5. The molecule has 6 nitrogen and oxygen atoms in total. The van der Waals surface area contributed by atoms with E-state index in [9.17, 15) is 9.18 Å². The normalized spacial score (nSPS) is 17.0. The molecular formula is C22H29FN4O2S. The molecule has 2 heterocycles. The lowest BCUT2D eigenvalue weighted by molar-refractivity contribution is 0.153. The highest BCUT2D eigenvalue weighted by Crippen LogP contribution is 2.34. The summed E-state index contributed by atoms with van der Waals surface area (Å²) in [6.07, 6.45) is 8.40. The largest absolute Gasteiger partial charge is 0.489 e. The Morgan fingerprint density at radius 3 is 2.77 bits per heavy atom. The second kappa shape index (κ2) is 9.31. The molecule has 2 aromatic heterocycles. The van der Waals surface area contributed by atoms with E-state index in [1.54, 1.807) is 0 Å². The zero-order valence-corrected chi connectivity index (χ0v) is 18.1. The molecule has 0 atom stereocenters. The second-order valence-corrected chi connectivity index (χ2v) is 9.32. The van der Waals surface area contributed by atoms with E-state index in [0.717, 1.165) is 53.5 Å². The summed E-state index contributed by atoms with van der Waals surface area (Å²) in [7, 11) is 0. The standard InChI is InChI=1S/C22H29FN4O2S/c1-14-19(29-17-5-3-2-4-6-17)10-9-18(26-14)21-16(11-20(23)30-21)13-27(24)22(28)25-12-15-7-8-15/h9-11,15,17H,2-8,12-13,24H2,1H3,(H,25,28). The van der Waals surface area contributed by atoms with Gasteiger partial charge in [-0.3, -0.25) is 5.01 Å². The van der Waals surface area contributed by atoms with Gasteiger partial charge in [0.25, 0.3) is 0 Å². The summed E-state index contributed by atoms with van der Waals surface area (Å²) in [5.74, 6) is 7.28. The fourth-order valence-electron chi connectivity index (χ4n) is 3.80. The first-order chi connectivity index (χ1) is 14.5. The molecule has 0 aromatic carbocycles. The topological polar surface area (TPSA) is 80.5 Å². The average molecular weight is 433 g/mol. The number of ether oxygens (including phenoxy) is 1. The van der Waals surface area contributed by atoms with E-state index in [1.807, 2.05) is 19.1 Å². The number of amides is 2. The molecule has 162 valence electrons. The number of rotatable bonds is 7. The Morgan fingerprint density at radius 1 is 1.30 bits per heavy atom. The highest BCUT2D eigenvalue weighted by atomic mass is 32.1. The molecule has 2 aromatic rings. The number of nitrogens with two attached hydrogens (primary N) is 1. The van der Waals surface area contributed by atoms with E-state index in [0.29, 0.717) is 28.6 Å². The lowest BCUT2D eigenvalue weighted by Gasteiger charge is -2.23. The fourth-order valence-corrected chi connectivity index (χ4v) is 4.67. The molecule has 0 bridgehead atoms. The molecular weight excluding hydrogens is 403 g/mol. The van der Waals surface area contributed by atoms with E-state index in [2.05, 4.69) is 10.3 Å². The predicted molar refractivity (Wildman–Crippen MR) is 116 cm³/mol. The Morgan fingerprint density at radius 2 is 2.07 bits per heavy atom. The highest BCUT2D eigenvalue weighted by Gasteiger charge is 2.23.